The molecule has 3 aromatic carbocycles. The zero-order valence-electron chi connectivity index (χ0n) is 22.2. The van der Waals surface area contributed by atoms with Gasteiger partial charge in [-0.25, -0.2) is 0 Å². The zero-order valence-corrected chi connectivity index (χ0v) is 22.2. The van der Waals surface area contributed by atoms with E-state index in [-0.39, 0.29) is 12.4 Å². The van der Waals surface area contributed by atoms with Crippen molar-refractivity contribution in [1.82, 2.24) is 0 Å². The van der Waals surface area contributed by atoms with Gasteiger partial charge in [-0.15, -0.1) is 0 Å². The molecule has 0 aliphatic heterocycles. The highest BCUT2D eigenvalue weighted by Gasteiger charge is 2.17. The van der Waals surface area contributed by atoms with Crippen molar-refractivity contribution in [2.75, 3.05) is 27.9 Å². The molecule has 0 aromatic heterocycles. The van der Waals surface area contributed by atoms with Gasteiger partial charge >= 0.3 is 5.97 Å². The van der Waals surface area contributed by atoms with E-state index in [0.717, 1.165) is 39.5 Å². The summed E-state index contributed by atoms with van der Waals surface area (Å²) in [5.41, 5.74) is 6.26. The number of carbonyl (C=O) groups excluding carboxylic acids is 1. The van der Waals surface area contributed by atoms with Crippen LogP contribution in [0, 0.1) is 6.92 Å². The normalized spacial score (nSPS) is 11.6. The molecule has 0 atom stereocenters. The molecule has 0 spiro atoms. The summed E-state index contributed by atoms with van der Waals surface area (Å²) in [7, 11) is 5.08. The van der Waals surface area contributed by atoms with Gasteiger partial charge in [-0.1, -0.05) is 60.2 Å². The van der Waals surface area contributed by atoms with Gasteiger partial charge in [-0.05, 0) is 67.3 Å². The number of benzene rings is 3. The van der Waals surface area contributed by atoms with Crippen LogP contribution in [0.25, 0.3) is 5.57 Å². The number of aryl methyl sites for hydroxylation is 1. The minimum absolute atomic E-state index is 0.200. The first-order chi connectivity index (χ1) is 17.4. The second-order valence-electron chi connectivity index (χ2n) is 8.16. The van der Waals surface area contributed by atoms with Crippen LogP contribution < -0.4 is 9.47 Å². The van der Waals surface area contributed by atoms with E-state index in [9.17, 15) is 4.79 Å². The van der Waals surface area contributed by atoms with Gasteiger partial charge in [-0.2, -0.15) is 0 Å². The van der Waals surface area contributed by atoms with Crippen LogP contribution in [0.15, 0.2) is 89.4 Å². The number of ether oxygens (including phenoxy) is 3. The van der Waals surface area contributed by atoms with E-state index in [0.29, 0.717) is 13.0 Å². The van der Waals surface area contributed by atoms with E-state index in [2.05, 4.69) is 24.0 Å². The highest BCUT2D eigenvalue weighted by Crippen LogP contribution is 2.25. The number of esters is 1. The lowest BCUT2D eigenvalue weighted by Crippen LogP contribution is -2.15. The molecule has 0 saturated carbocycles. The Bertz CT molecular complexity index is 1130. The van der Waals surface area contributed by atoms with E-state index in [1.54, 1.807) is 21.3 Å². The number of hydrogen-bond donors (Lipinski definition) is 0. The standard InChI is InChI=1S/C23H27NO3.C8H10O/c1-5-27-23(25)16-21(17(2)19-11-13-20(26-4)14-12-19)22(24-3)15-18-9-7-6-8-10-18;1-7-3-5-8(9-2)6-4-7/h6-14H,5,15-16H2,1-4H3;3-6H,1-2H3/b21-17+,24-22?;. The summed E-state index contributed by atoms with van der Waals surface area (Å²) in [5, 5.41) is 0. The highest BCUT2D eigenvalue weighted by atomic mass is 16.5. The lowest BCUT2D eigenvalue weighted by atomic mass is 9.92. The molecule has 0 amide bonds. The van der Waals surface area contributed by atoms with Crippen LogP contribution in [-0.4, -0.2) is 39.6 Å². The lowest BCUT2D eigenvalue weighted by Gasteiger charge is -2.15. The molecule has 36 heavy (non-hydrogen) atoms. The Hall–Kier alpha value is -3.86. The van der Waals surface area contributed by atoms with Gasteiger partial charge in [0, 0.05) is 19.2 Å². The number of hydrogen-bond acceptors (Lipinski definition) is 5. The largest absolute Gasteiger partial charge is 0.497 e. The Balaban J connectivity index is 0.000000425. The van der Waals surface area contributed by atoms with Gasteiger partial charge in [0.1, 0.15) is 11.5 Å². The van der Waals surface area contributed by atoms with Crippen LogP contribution in [0.4, 0.5) is 0 Å². The van der Waals surface area contributed by atoms with Gasteiger partial charge in [-0.3, -0.25) is 9.79 Å². The Morgan fingerprint density at radius 3 is 1.89 bits per heavy atom. The van der Waals surface area contributed by atoms with Crippen molar-refractivity contribution in [1.29, 1.82) is 0 Å². The van der Waals surface area contributed by atoms with E-state index in [1.165, 1.54) is 5.56 Å². The van der Waals surface area contributed by atoms with E-state index in [4.69, 9.17) is 14.2 Å². The molecular formula is C31H37NO4. The van der Waals surface area contributed by atoms with Gasteiger partial charge in [0.2, 0.25) is 0 Å². The van der Waals surface area contributed by atoms with Gasteiger partial charge in [0.15, 0.2) is 0 Å². The SMILES string of the molecule is CCOC(=O)C/C(C(Cc1ccccc1)=NC)=C(/C)c1ccc(OC)cc1.COc1ccc(C)cc1. The summed E-state index contributed by atoms with van der Waals surface area (Å²) >= 11 is 0. The Kier molecular flexibility index (Phi) is 12.0. The lowest BCUT2D eigenvalue weighted by molar-refractivity contribution is -0.142. The van der Waals surface area contributed by atoms with Crippen molar-refractivity contribution in [2.24, 2.45) is 4.99 Å². The van der Waals surface area contributed by atoms with Crippen molar-refractivity contribution in [3.63, 3.8) is 0 Å². The molecule has 190 valence electrons. The predicted molar refractivity (Wildman–Crippen MR) is 148 cm³/mol. The van der Waals surface area contributed by atoms with Gasteiger partial charge in [0.05, 0.1) is 27.2 Å². The van der Waals surface area contributed by atoms with E-state index < -0.39 is 0 Å². The van der Waals surface area contributed by atoms with Crippen LogP contribution in [-0.2, 0) is 16.0 Å². The number of rotatable bonds is 9. The first-order valence-corrected chi connectivity index (χ1v) is 12.0. The average molecular weight is 488 g/mol. The minimum atomic E-state index is -0.241. The predicted octanol–water partition coefficient (Wildman–Crippen LogP) is 6.74. The molecule has 5 nitrogen and oxygen atoms in total. The molecule has 0 N–H and O–H groups in total. The number of methoxy groups -OCH3 is 2. The first kappa shape index (κ1) is 28.4. The van der Waals surface area contributed by atoms with Crippen molar-refractivity contribution in [3.05, 3.63) is 101 Å². The highest BCUT2D eigenvalue weighted by molar-refractivity contribution is 6.09. The number of nitrogens with zero attached hydrogens (tertiary/aromatic N) is 1. The molecule has 0 heterocycles. The smallest absolute Gasteiger partial charge is 0.310 e. The Morgan fingerprint density at radius 1 is 0.833 bits per heavy atom. The summed E-state index contributed by atoms with van der Waals surface area (Å²) < 4.78 is 15.4. The fourth-order valence-electron chi connectivity index (χ4n) is 3.61. The molecule has 0 unspecified atom stereocenters. The molecule has 0 saturated heterocycles. The topological polar surface area (TPSA) is 57.1 Å². The summed E-state index contributed by atoms with van der Waals surface area (Å²) in [6.07, 6.45) is 0.866. The third-order valence-corrected chi connectivity index (χ3v) is 5.69. The van der Waals surface area contributed by atoms with Gasteiger partial charge in [0.25, 0.3) is 0 Å². The molecular weight excluding hydrogens is 450 g/mol. The van der Waals surface area contributed by atoms with Crippen LogP contribution in [0.5, 0.6) is 11.5 Å². The summed E-state index contributed by atoms with van der Waals surface area (Å²) in [6, 6.07) is 25.9. The molecule has 0 bridgehead atoms. The summed E-state index contributed by atoms with van der Waals surface area (Å²) in [4.78, 5) is 16.7. The number of aliphatic imine (C=N–C) groups is 1. The molecule has 0 fully saturated rings. The third kappa shape index (κ3) is 9.06. The Morgan fingerprint density at radius 2 is 1.39 bits per heavy atom. The maximum absolute atomic E-state index is 12.2. The van der Waals surface area contributed by atoms with Crippen molar-refractivity contribution < 1.29 is 19.0 Å². The van der Waals surface area contributed by atoms with Crippen LogP contribution in [0.3, 0.4) is 0 Å². The van der Waals surface area contributed by atoms with Crippen molar-refractivity contribution in [2.45, 2.75) is 33.6 Å². The second-order valence-corrected chi connectivity index (χ2v) is 8.16. The monoisotopic (exact) mass is 487 g/mol. The van der Waals surface area contributed by atoms with E-state index >= 15 is 0 Å². The summed E-state index contributed by atoms with van der Waals surface area (Å²) in [6.45, 7) is 6.26. The molecule has 0 aliphatic rings. The maximum Gasteiger partial charge on any atom is 0.310 e. The quantitative estimate of drug-likeness (QED) is 0.248. The molecule has 0 aliphatic carbocycles. The van der Waals surface area contributed by atoms with E-state index in [1.807, 2.05) is 80.6 Å². The minimum Gasteiger partial charge on any atom is -0.497 e. The van der Waals surface area contributed by atoms with Crippen LogP contribution >= 0.6 is 0 Å². The summed E-state index contributed by atoms with van der Waals surface area (Å²) in [5.74, 6) is 1.47. The molecule has 0 radical (unpaired) electrons. The second kappa shape index (κ2) is 15.2. The average Bonchev–Trinajstić information content (AvgIpc) is 2.92. The maximum atomic E-state index is 12.2. The zero-order chi connectivity index (χ0) is 26.3. The van der Waals surface area contributed by atoms with Crippen LogP contribution in [0.1, 0.15) is 37.0 Å². The fraction of sp³-hybridized carbons (Fsp3) is 0.290. The van der Waals surface area contributed by atoms with Crippen LogP contribution in [0.2, 0.25) is 0 Å². The van der Waals surface area contributed by atoms with Crippen molar-refractivity contribution in [3.8, 4) is 11.5 Å². The first-order valence-electron chi connectivity index (χ1n) is 12.0. The third-order valence-electron chi connectivity index (χ3n) is 5.69. The van der Waals surface area contributed by atoms with Gasteiger partial charge < -0.3 is 14.2 Å². The van der Waals surface area contributed by atoms with Crippen molar-refractivity contribution >= 4 is 17.3 Å². The fourth-order valence-corrected chi connectivity index (χ4v) is 3.61. The Labute approximate surface area is 215 Å². The molecule has 3 rings (SSSR count). The molecule has 3 aromatic rings. The number of allylic oxidation sites excluding steroid dienone is 1. The molecule has 5 heteroatoms. The number of carbonyl (C=O) groups is 1.